The first-order valence-electron chi connectivity index (χ1n) is 23.4. The van der Waals surface area contributed by atoms with E-state index in [2.05, 4.69) is 192 Å². The molecule has 0 saturated carbocycles. The van der Waals surface area contributed by atoms with Crippen molar-refractivity contribution in [1.82, 2.24) is 0 Å². The SMILES string of the molecule is C=C/C(=C\C=C\c1ccccc1)N(c1ccc(Oc2ccccc2)cc1)c1ccc(-c2ccc(-c3ccc(N(c4ccc(Oc5ccccc5)cc4)c4ccc(-c5ccccc5)cc4)cc3)cc2)cc1. The molecule has 0 heterocycles. The summed E-state index contributed by atoms with van der Waals surface area (Å²) in [5, 5.41) is 0. The second-order valence-electron chi connectivity index (χ2n) is 16.6. The highest BCUT2D eigenvalue weighted by Crippen LogP contribution is 2.39. The van der Waals surface area contributed by atoms with Gasteiger partial charge in [0, 0.05) is 34.1 Å². The lowest BCUT2D eigenvalue weighted by Gasteiger charge is -2.26. The van der Waals surface area contributed by atoms with Gasteiger partial charge < -0.3 is 19.3 Å². The van der Waals surface area contributed by atoms with E-state index < -0.39 is 0 Å². The average molecular weight is 903 g/mol. The molecule has 0 unspecified atom stereocenters. The van der Waals surface area contributed by atoms with Gasteiger partial charge in [0.2, 0.25) is 0 Å². The van der Waals surface area contributed by atoms with Gasteiger partial charge in [0.1, 0.15) is 23.0 Å². The van der Waals surface area contributed by atoms with Crippen LogP contribution in [0.1, 0.15) is 5.56 Å². The third kappa shape index (κ3) is 10.7. The minimum Gasteiger partial charge on any atom is -0.457 e. The molecule has 4 nitrogen and oxygen atoms in total. The molecule has 0 amide bonds. The fourth-order valence-electron chi connectivity index (χ4n) is 8.42. The Morgan fingerprint density at radius 2 is 0.614 bits per heavy atom. The summed E-state index contributed by atoms with van der Waals surface area (Å²) in [4.78, 5) is 4.49. The molecule has 0 fully saturated rings. The third-order valence-electron chi connectivity index (χ3n) is 12.0. The normalized spacial score (nSPS) is 11.2. The second kappa shape index (κ2) is 21.5. The van der Waals surface area contributed by atoms with Gasteiger partial charge in [-0.1, -0.05) is 176 Å². The average Bonchev–Trinajstić information content (AvgIpc) is 3.43. The molecule has 0 aliphatic rings. The Balaban J connectivity index is 0.891. The van der Waals surface area contributed by atoms with Crippen molar-refractivity contribution in [3.05, 3.63) is 303 Å². The molecule has 0 bridgehead atoms. The molecule has 0 saturated heterocycles. The van der Waals surface area contributed by atoms with E-state index in [0.717, 1.165) is 84.9 Å². The van der Waals surface area contributed by atoms with Gasteiger partial charge >= 0.3 is 0 Å². The molecular weight excluding hydrogens is 853 g/mol. The van der Waals surface area contributed by atoms with E-state index in [1.807, 2.05) is 115 Å². The van der Waals surface area contributed by atoms with Crippen molar-refractivity contribution in [3.63, 3.8) is 0 Å². The van der Waals surface area contributed by atoms with Crippen molar-refractivity contribution in [2.24, 2.45) is 0 Å². The van der Waals surface area contributed by atoms with Crippen LogP contribution < -0.4 is 19.3 Å². The minimum absolute atomic E-state index is 0.765. The molecule has 70 heavy (non-hydrogen) atoms. The quantitative estimate of drug-likeness (QED) is 0.0902. The molecular formula is C66H50N2O2. The lowest BCUT2D eigenvalue weighted by Crippen LogP contribution is -2.14. The first-order chi connectivity index (χ1) is 34.6. The Hall–Kier alpha value is -9.38. The summed E-state index contributed by atoms with van der Waals surface area (Å²) in [5.74, 6) is 3.15. The first-order valence-corrected chi connectivity index (χ1v) is 23.4. The van der Waals surface area contributed by atoms with E-state index >= 15 is 0 Å². The van der Waals surface area contributed by atoms with Gasteiger partial charge in [0.05, 0.1) is 0 Å². The summed E-state index contributed by atoms with van der Waals surface area (Å²) in [6.07, 6.45) is 8.15. The highest BCUT2D eigenvalue weighted by Gasteiger charge is 2.16. The maximum Gasteiger partial charge on any atom is 0.127 e. The standard InChI is InChI=1S/C66H50N2O2/c1-2-57(21-15-18-50-16-7-3-8-17-50)67(61-42-46-65(47-43-61)69-63-22-11-5-12-23-63)58-36-32-55(33-37-58)52-26-28-53(29-27-52)56-34-40-60(41-35-56)68(59-38-30-54(31-39-59)51-19-9-4-10-20-51)62-44-48-66(49-45-62)70-64-24-13-6-14-25-64/h2-49H,1H2/b18-15+,57-21+. The zero-order valence-corrected chi connectivity index (χ0v) is 38.6. The Morgan fingerprint density at radius 3 is 1.01 bits per heavy atom. The molecule has 0 aromatic heterocycles. The van der Waals surface area contributed by atoms with Gasteiger partial charge in [0.25, 0.3) is 0 Å². The topological polar surface area (TPSA) is 24.9 Å². The van der Waals surface area contributed by atoms with Crippen LogP contribution in [0.15, 0.2) is 297 Å². The molecule has 10 aromatic carbocycles. The van der Waals surface area contributed by atoms with Crippen molar-refractivity contribution in [3.8, 4) is 56.4 Å². The number of para-hydroxylation sites is 2. The second-order valence-corrected chi connectivity index (χ2v) is 16.6. The molecule has 0 N–H and O–H groups in total. The van der Waals surface area contributed by atoms with E-state index in [0.29, 0.717) is 0 Å². The Bertz CT molecular complexity index is 3300. The van der Waals surface area contributed by atoms with E-state index in [4.69, 9.17) is 9.47 Å². The maximum absolute atomic E-state index is 6.14. The van der Waals surface area contributed by atoms with Crippen LogP contribution >= 0.6 is 0 Å². The number of rotatable bonds is 16. The first kappa shape index (κ1) is 44.5. The van der Waals surface area contributed by atoms with E-state index in [9.17, 15) is 0 Å². The lowest BCUT2D eigenvalue weighted by atomic mass is 9.99. The molecule has 10 rings (SSSR count). The summed E-state index contributed by atoms with van der Waals surface area (Å²) in [6, 6.07) is 91.9. The lowest BCUT2D eigenvalue weighted by molar-refractivity contribution is 0.482. The van der Waals surface area contributed by atoms with Crippen LogP contribution in [0.4, 0.5) is 28.4 Å². The van der Waals surface area contributed by atoms with E-state index in [1.165, 1.54) is 11.1 Å². The summed E-state index contributed by atoms with van der Waals surface area (Å²) >= 11 is 0. The number of anilines is 5. The number of allylic oxidation sites excluding steroid dienone is 3. The van der Waals surface area contributed by atoms with Crippen molar-refractivity contribution in [1.29, 1.82) is 0 Å². The fourth-order valence-corrected chi connectivity index (χ4v) is 8.42. The molecule has 336 valence electrons. The third-order valence-corrected chi connectivity index (χ3v) is 12.0. The molecule has 0 atom stereocenters. The largest absolute Gasteiger partial charge is 0.457 e. The molecule has 0 aliphatic carbocycles. The van der Waals surface area contributed by atoms with Crippen molar-refractivity contribution < 1.29 is 9.47 Å². The van der Waals surface area contributed by atoms with Crippen molar-refractivity contribution >= 4 is 34.5 Å². The van der Waals surface area contributed by atoms with Crippen LogP contribution in [0.25, 0.3) is 39.5 Å². The summed E-state index contributed by atoms with van der Waals surface area (Å²) < 4.78 is 12.3. The van der Waals surface area contributed by atoms with Crippen molar-refractivity contribution in [2.45, 2.75) is 0 Å². The zero-order chi connectivity index (χ0) is 47.3. The molecule has 0 aliphatic heterocycles. The molecule has 0 spiro atoms. The molecule has 4 heteroatoms. The van der Waals surface area contributed by atoms with Crippen LogP contribution in [0, 0.1) is 0 Å². The summed E-state index contributed by atoms with van der Waals surface area (Å²) in [5.41, 5.74) is 14.1. The van der Waals surface area contributed by atoms with Gasteiger partial charge in [-0.3, -0.25) is 0 Å². The minimum atomic E-state index is 0.765. The van der Waals surface area contributed by atoms with Crippen LogP contribution in [0.2, 0.25) is 0 Å². The van der Waals surface area contributed by atoms with Crippen LogP contribution in [0.5, 0.6) is 23.0 Å². The van der Waals surface area contributed by atoms with Gasteiger partial charge in [0.15, 0.2) is 0 Å². The predicted octanol–water partition coefficient (Wildman–Crippen LogP) is 18.7. The Kier molecular flexibility index (Phi) is 13.7. The monoisotopic (exact) mass is 902 g/mol. The van der Waals surface area contributed by atoms with Gasteiger partial charge in [-0.15, -0.1) is 0 Å². The number of hydrogen-bond donors (Lipinski definition) is 0. The van der Waals surface area contributed by atoms with E-state index in [-0.39, 0.29) is 0 Å². The fraction of sp³-hybridized carbons (Fsp3) is 0. The highest BCUT2D eigenvalue weighted by molar-refractivity contribution is 5.81. The van der Waals surface area contributed by atoms with Crippen LogP contribution in [-0.4, -0.2) is 0 Å². The highest BCUT2D eigenvalue weighted by atomic mass is 16.5. The maximum atomic E-state index is 6.14. The van der Waals surface area contributed by atoms with Gasteiger partial charge in [-0.25, -0.2) is 0 Å². The summed E-state index contributed by atoms with van der Waals surface area (Å²) in [6.45, 7) is 4.22. The van der Waals surface area contributed by atoms with Crippen molar-refractivity contribution in [2.75, 3.05) is 9.80 Å². The van der Waals surface area contributed by atoms with Gasteiger partial charge in [-0.2, -0.15) is 0 Å². The number of benzene rings is 10. The van der Waals surface area contributed by atoms with Crippen LogP contribution in [0.3, 0.4) is 0 Å². The number of ether oxygens (including phenoxy) is 2. The van der Waals surface area contributed by atoms with E-state index in [1.54, 1.807) is 0 Å². The van der Waals surface area contributed by atoms with Crippen LogP contribution in [-0.2, 0) is 0 Å². The smallest absolute Gasteiger partial charge is 0.127 e. The molecule has 10 aromatic rings. The predicted molar refractivity (Wildman–Crippen MR) is 293 cm³/mol. The Labute approximate surface area is 411 Å². The number of nitrogens with zero attached hydrogens (tertiary/aromatic N) is 2. The number of hydrogen-bond acceptors (Lipinski definition) is 4. The Morgan fingerprint density at radius 1 is 0.314 bits per heavy atom. The molecule has 0 radical (unpaired) electrons. The van der Waals surface area contributed by atoms with Gasteiger partial charge in [-0.05, 0) is 160 Å². The summed E-state index contributed by atoms with van der Waals surface area (Å²) in [7, 11) is 0. The zero-order valence-electron chi connectivity index (χ0n) is 38.6.